The Morgan fingerprint density at radius 1 is 0.984 bits per heavy atom. The van der Waals surface area contributed by atoms with Gasteiger partial charge in [-0.1, -0.05) is 37.5 Å². The normalized spacial score (nSPS) is 20.0. The van der Waals surface area contributed by atoms with E-state index in [-0.39, 0.29) is 61.4 Å². The van der Waals surface area contributed by atoms with Crippen LogP contribution in [-0.2, 0) is 20.9 Å². The Hall–Kier alpha value is -5.96. The van der Waals surface area contributed by atoms with Gasteiger partial charge in [0.15, 0.2) is 11.5 Å². The number of nitrogens with one attached hydrogen (secondary N) is 1. The Morgan fingerprint density at radius 2 is 1.79 bits per heavy atom. The number of rotatable bonds is 10. The summed E-state index contributed by atoms with van der Waals surface area (Å²) in [7, 11) is 0.654. The van der Waals surface area contributed by atoms with Crippen LogP contribution in [0.3, 0.4) is 0 Å². The first-order valence-electron chi connectivity index (χ1n) is 21.0. The van der Waals surface area contributed by atoms with Crippen LogP contribution in [0.1, 0.15) is 82.2 Å². The molecule has 0 radical (unpaired) electrons. The molecule has 17 heteroatoms. The number of amides is 4. The molecule has 4 aromatic rings. The van der Waals surface area contributed by atoms with Crippen molar-refractivity contribution in [2.45, 2.75) is 82.8 Å². The minimum atomic E-state index is -1.33. The molecule has 0 spiro atoms. The highest BCUT2D eigenvalue weighted by molar-refractivity contribution is 6.76. The van der Waals surface area contributed by atoms with Crippen LogP contribution in [0.15, 0.2) is 48.7 Å². The third kappa shape index (κ3) is 8.79. The van der Waals surface area contributed by atoms with Gasteiger partial charge in [0, 0.05) is 81.1 Å². The maximum absolute atomic E-state index is 13.6. The highest BCUT2D eigenvalue weighted by Gasteiger charge is 2.43. The van der Waals surface area contributed by atoms with Gasteiger partial charge in [-0.05, 0) is 87.6 Å². The Bertz CT molecular complexity index is 2450. The van der Waals surface area contributed by atoms with Crippen molar-refractivity contribution in [1.29, 1.82) is 0 Å². The van der Waals surface area contributed by atoms with Crippen molar-refractivity contribution in [2.24, 2.45) is 5.92 Å². The number of aromatic nitrogens is 4. The average Bonchev–Trinajstić information content (AvgIpc) is 3.94. The van der Waals surface area contributed by atoms with Crippen LogP contribution < -0.4 is 10.2 Å². The molecule has 7 heterocycles. The van der Waals surface area contributed by atoms with Gasteiger partial charge in [0.25, 0.3) is 17.7 Å². The second-order valence-corrected chi connectivity index (χ2v) is 23.2. The van der Waals surface area contributed by atoms with Crippen LogP contribution in [0, 0.1) is 17.8 Å². The predicted molar refractivity (Wildman–Crippen MR) is 230 cm³/mol. The number of carbonyl (C=O) groups is 5. The number of anilines is 2. The molecule has 61 heavy (non-hydrogen) atoms. The van der Waals surface area contributed by atoms with Gasteiger partial charge in [-0.25, -0.2) is 14.3 Å². The molecule has 3 saturated heterocycles. The maximum atomic E-state index is 13.6. The van der Waals surface area contributed by atoms with Crippen LogP contribution in [-0.4, -0.2) is 123 Å². The molecule has 8 rings (SSSR count). The number of piperidine rings is 2. The van der Waals surface area contributed by atoms with Crippen LogP contribution in [0.2, 0.25) is 25.7 Å². The summed E-state index contributed by atoms with van der Waals surface area (Å²) in [5.74, 6) is 6.31. The fraction of sp³-hybridized carbons (Fsp3) is 0.455. The lowest BCUT2D eigenvalue weighted by Gasteiger charge is -2.35. The number of hydrogen-bond acceptors (Lipinski definition) is 11. The Kier molecular flexibility index (Phi) is 11.8. The van der Waals surface area contributed by atoms with E-state index in [9.17, 15) is 29.1 Å². The minimum absolute atomic E-state index is 0.00986. The van der Waals surface area contributed by atoms with Gasteiger partial charge in [0.2, 0.25) is 5.91 Å². The molecule has 3 fully saturated rings. The minimum Gasteiger partial charge on any atom is -0.464 e. The molecule has 16 nitrogen and oxygen atoms in total. The van der Waals surface area contributed by atoms with Crippen LogP contribution in [0.4, 0.5) is 16.4 Å². The molecular weight excluding hydrogens is 795 g/mol. The van der Waals surface area contributed by atoms with Crippen LogP contribution in [0.5, 0.6) is 0 Å². The molecule has 3 aromatic heterocycles. The van der Waals surface area contributed by atoms with E-state index in [1.807, 2.05) is 25.2 Å². The Morgan fingerprint density at radius 3 is 2.49 bits per heavy atom. The summed E-state index contributed by atoms with van der Waals surface area (Å²) < 4.78 is 7.03. The topological polar surface area (TPSA) is 183 Å². The van der Waals surface area contributed by atoms with Crippen molar-refractivity contribution in [3.05, 3.63) is 76.7 Å². The quantitative estimate of drug-likeness (QED) is 0.0896. The summed E-state index contributed by atoms with van der Waals surface area (Å²) in [6.07, 6.45) is 4.35. The van der Waals surface area contributed by atoms with Crippen LogP contribution in [0.25, 0.3) is 10.9 Å². The van der Waals surface area contributed by atoms with E-state index in [2.05, 4.69) is 61.8 Å². The van der Waals surface area contributed by atoms with E-state index in [4.69, 9.17) is 4.74 Å². The van der Waals surface area contributed by atoms with Crippen LogP contribution >= 0.6 is 0 Å². The molecule has 0 aliphatic carbocycles. The van der Waals surface area contributed by atoms with E-state index in [0.29, 0.717) is 47.7 Å². The lowest BCUT2D eigenvalue weighted by molar-refractivity contribution is -0.158. The zero-order valence-corrected chi connectivity index (χ0v) is 36.0. The number of likely N-dealkylation sites (tertiary alicyclic amines) is 2. The summed E-state index contributed by atoms with van der Waals surface area (Å²) in [5, 5.41) is 22.0. The third-order valence-corrected chi connectivity index (χ3v) is 13.9. The second-order valence-electron chi connectivity index (χ2n) is 17.5. The van der Waals surface area contributed by atoms with Gasteiger partial charge >= 0.3 is 6.09 Å². The summed E-state index contributed by atoms with van der Waals surface area (Å²) in [6.45, 7) is 9.63. The molecule has 4 aliphatic rings. The number of nitrogens with zero attached hydrogens (tertiary/aromatic N) is 8. The fourth-order valence-electron chi connectivity index (χ4n) is 8.67. The number of fused-ring (bicyclic) bond motifs is 2. The number of carbonyl (C=O) groups excluding carboxylic acids is 4. The fourth-order valence-corrected chi connectivity index (χ4v) is 9.42. The van der Waals surface area contributed by atoms with Crippen molar-refractivity contribution in [1.82, 2.24) is 34.4 Å². The summed E-state index contributed by atoms with van der Waals surface area (Å²) in [6, 6.07) is 12.5. The largest absolute Gasteiger partial charge is 0.464 e. The highest BCUT2D eigenvalue weighted by atomic mass is 28.3. The molecule has 0 bridgehead atoms. The highest BCUT2D eigenvalue weighted by Crippen LogP contribution is 2.35. The molecule has 0 saturated carbocycles. The SMILES string of the molecule is CN1CCC[C@@H]1c1cc2cnc(NC(=O)c3ccc(N4CCC(C#Cc5cccc6c5CN(C5CCC(=O)N(COCC[Si](C)(C)C)C5=O)C6=O)CC4)nn3)cc2n1C(=O)O. The standard InChI is InChI=1S/C44H51N9O7Si/c1-49-18-6-9-34(49)37-23-30-25-45-38(24-36(30)53(37)44(58)59)46-41(55)33-12-14-39(48-47-33)50-19-16-28(17-20-50)10-11-29-7-5-8-31-32(29)26-51(42(31)56)35-13-15-40(54)52(43(35)57)27-60-21-22-61(2,3)4/h5,7-8,12,14,23-25,28,34-35H,6,9,13,15-22,26-27H2,1-4H3,(H,58,59)(H,45,46,55)/t34-,35?/m1/s1. The van der Waals surface area contributed by atoms with Gasteiger partial charge in [0.05, 0.1) is 11.6 Å². The third-order valence-electron chi connectivity index (χ3n) is 12.2. The number of benzene rings is 1. The summed E-state index contributed by atoms with van der Waals surface area (Å²) >= 11 is 0. The Balaban J connectivity index is 0.860. The van der Waals surface area contributed by atoms with E-state index < -0.39 is 32.0 Å². The molecule has 2 atom stereocenters. The molecule has 4 aliphatic heterocycles. The van der Waals surface area contributed by atoms with Gasteiger partial charge in [-0.3, -0.25) is 29.0 Å². The first-order valence-corrected chi connectivity index (χ1v) is 24.7. The molecule has 4 amide bonds. The molecule has 1 unspecified atom stereocenters. The number of ether oxygens (including phenoxy) is 1. The smallest absolute Gasteiger partial charge is 0.416 e. The Labute approximate surface area is 355 Å². The van der Waals surface area contributed by atoms with Crippen molar-refractivity contribution < 1.29 is 33.8 Å². The first-order chi connectivity index (χ1) is 29.3. The maximum Gasteiger partial charge on any atom is 0.416 e. The molecular formula is C44H51N9O7Si. The van der Waals surface area contributed by atoms with Gasteiger partial charge < -0.3 is 25.0 Å². The zero-order chi connectivity index (χ0) is 43.0. The number of carboxylic acid groups (broad SMARTS) is 1. The van der Waals surface area contributed by atoms with Crippen molar-refractivity contribution in [3.63, 3.8) is 0 Å². The van der Waals surface area contributed by atoms with Gasteiger partial charge in [-0.2, -0.15) is 0 Å². The van der Waals surface area contributed by atoms with E-state index >= 15 is 0 Å². The summed E-state index contributed by atoms with van der Waals surface area (Å²) in [5.41, 5.74) is 3.33. The van der Waals surface area contributed by atoms with E-state index in [1.165, 1.54) is 4.57 Å². The first kappa shape index (κ1) is 41.8. The monoisotopic (exact) mass is 845 g/mol. The number of pyridine rings is 1. The van der Waals surface area contributed by atoms with Crippen molar-refractivity contribution in [3.8, 4) is 11.8 Å². The molecule has 2 N–H and O–H groups in total. The molecule has 1 aromatic carbocycles. The average molecular weight is 846 g/mol. The summed E-state index contributed by atoms with van der Waals surface area (Å²) in [4.78, 5) is 76.7. The number of imide groups is 1. The van der Waals surface area contributed by atoms with E-state index in [1.54, 1.807) is 35.4 Å². The predicted octanol–water partition coefficient (Wildman–Crippen LogP) is 5.43. The van der Waals surface area contributed by atoms with Gasteiger partial charge in [0.1, 0.15) is 18.6 Å². The second kappa shape index (κ2) is 17.2. The lowest BCUT2D eigenvalue weighted by atomic mass is 9.96. The lowest BCUT2D eigenvalue weighted by Crippen LogP contribution is -2.55. The zero-order valence-electron chi connectivity index (χ0n) is 35.0. The van der Waals surface area contributed by atoms with Gasteiger partial charge in [-0.15, -0.1) is 10.2 Å². The number of hydrogen-bond donors (Lipinski definition) is 2. The van der Waals surface area contributed by atoms with Crippen molar-refractivity contribution >= 4 is 60.3 Å². The van der Waals surface area contributed by atoms with Crippen molar-refractivity contribution in [2.75, 3.05) is 50.2 Å². The molecule has 318 valence electrons. The van der Waals surface area contributed by atoms with E-state index in [0.717, 1.165) is 54.3 Å².